The van der Waals surface area contributed by atoms with Crippen molar-refractivity contribution in [1.82, 2.24) is 15.1 Å². The number of benzene rings is 1. The van der Waals surface area contributed by atoms with E-state index in [2.05, 4.69) is 52.5 Å². The summed E-state index contributed by atoms with van der Waals surface area (Å²) in [7, 11) is 1.96. The van der Waals surface area contributed by atoms with Gasteiger partial charge in [-0.3, -0.25) is 4.68 Å². The Hall–Kier alpha value is -0.840. The zero-order chi connectivity index (χ0) is 15.4. The molecule has 0 radical (unpaired) electrons. The second-order valence-electron chi connectivity index (χ2n) is 5.26. The summed E-state index contributed by atoms with van der Waals surface area (Å²) < 4.78 is 3.10. The minimum atomic E-state index is 0.179. The molecule has 21 heavy (non-hydrogen) atoms. The molecule has 2 atom stereocenters. The van der Waals surface area contributed by atoms with E-state index in [0.29, 0.717) is 6.04 Å². The third-order valence-electron chi connectivity index (χ3n) is 3.80. The lowest BCUT2D eigenvalue weighted by Crippen LogP contribution is -2.20. The minimum absolute atomic E-state index is 0.179. The van der Waals surface area contributed by atoms with Gasteiger partial charge in [-0.05, 0) is 50.2 Å². The van der Waals surface area contributed by atoms with Crippen LogP contribution in [0.25, 0.3) is 0 Å². The molecule has 0 saturated heterocycles. The first-order valence-corrected chi connectivity index (χ1v) is 8.38. The average Bonchev–Trinajstić information content (AvgIpc) is 2.95. The van der Waals surface area contributed by atoms with Gasteiger partial charge in [-0.2, -0.15) is 5.10 Å². The Balaban J connectivity index is 2.19. The second-order valence-corrected chi connectivity index (χ2v) is 6.55. The number of hydrogen-bond donors (Lipinski definition) is 1. The van der Waals surface area contributed by atoms with Gasteiger partial charge in [0.2, 0.25) is 0 Å². The van der Waals surface area contributed by atoms with Gasteiger partial charge < -0.3 is 5.32 Å². The molecule has 0 fully saturated rings. The maximum Gasteiger partial charge on any atom is 0.0643 e. The Morgan fingerprint density at radius 3 is 2.81 bits per heavy atom. The van der Waals surface area contributed by atoms with Crippen LogP contribution >= 0.6 is 27.5 Å². The molecule has 0 bridgehead atoms. The first-order chi connectivity index (χ1) is 10.0. The van der Waals surface area contributed by atoms with E-state index in [0.717, 1.165) is 33.6 Å². The van der Waals surface area contributed by atoms with Crippen LogP contribution in [0, 0.1) is 0 Å². The van der Waals surface area contributed by atoms with Gasteiger partial charge in [0.25, 0.3) is 0 Å². The number of likely N-dealkylation sites (N-methyl/N-ethyl adjacent to an activating group) is 1. The summed E-state index contributed by atoms with van der Waals surface area (Å²) in [6, 6.07) is 8.58. The van der Waals surface area contributed by atoms with Gasteiger partial charge in [0.1, 0.15) is 0 Å². The van der Waals surface area contributed by atoms with Crippen molar-refractivity contribution in [3.63, 3.8) is 0 Å². The predicted molar refractivity (Wildman–Crippen MR) is 91.9 cm³/mol. The highest BCUT2D eigenvalue weighted by Gasteiger charge is 2.16. The highest BCUT2D eigenvalue weighted by molar-refractivity contribution is 9.10. The van der Waals surface area contributed by atoms with Crippen LogP contribution in [0.3, 0.4) is 0 Å². The highest BCUT2D eigenvalue weighted by Crippen LogP contribution is 2.28. The molecule has 1 heterocycles. The topological polar surface area (TPSA) is 29.9 Å². The third kappa shape index (κ3) is 4.09. The quantitative estimate of drug-likeness (QED) is 0.793. The fourth-order valence-electron chi connectivity index (χ4n) is 2.28. The molecule has 5 heteroatoms. The monoisotopic (exact) mass is 369 g/mol. The Bertz CT molecular complexity index is 597. The Kier molecular flexibility index (Phi) is 5.85. The van der Waals surface area contributed by atoms with Gasteiger partial charge >= 0.3 is 0 Å². The van der Waals surface area contributed by atoms with E-state index in [9.17, 15) is 0 Å². The van der Waals surface area contributed by atoms with Gasteiger partial charge in [0, 0.05) is 34.2 Å². The Labute approximate surface area is 139 Å². The van der Waals surface area contributed by atoms with Gasteiger partial charge in [0.05, 0.1) is 5.69 Å². The van der Waals surface area contributed by atoms with Crippen molar-refractivity contribution in [2.75, 3.05) is 7.05 Å². The molecule has 1 N–H and O–H groups in total. The molecule has 2 unspecified atom stereocenters. The van der Waals surface area contributed by atoms with Crippen LogP contribution in [0.4, 0.5) is 0 Å². The number of hydrogen-bond acceptors (Lipinski definition) is 2. The minimum Gasteiger partial charge on any atom is -0.313 e. The molecule has 2 aromatic rings. The molecular weight excluding hydrogens is 350 g/mol. The zero-order valence-corrected chi connectivity index (χ0v) is 14.9. The SMILES string of the molecule is CCC(C)n1ccc(CC(NC)c2cc(Cl)ccc2Br)n1. The summed E-state index contributed by atoms with van der Waals surface area (Å²) in [6.45, 7) is 4.35. The van der Waals surface area contributed by atoms with Gasteiger partial charge in [-0.15, -0.1) is 0 Å². The lowest BCUT2D eigenvalue weighted by Gasteiger charge is -2.17. The van der Waals surface area contributed by atoms with E-state index in [1.54, 1.807) is 0 Å². The smallest absolute Gasteiger partial charge is 0.0643 e. The fourth-order valence-corrected chi connectivity index (χ4v) is 2.98. The van der Waals surface area contributed by atoms with Crippen molar-refractivity contribution in [2.45, 2.75) is 38.8 Å². The van der Waals surface area contributed by atoms with Crippen LogP contribution in [0.15, 0.2) is 34.9 Å². The fraction of sp³-hybridized carbons (Fsp3) is 0.438. The first kappa shape index (κ1) is 16.5. The van der Waals surface area contributed by atoms with Crippen LogP contribution in [0.2, 0.25) is 5.02 Å². The van der Waals surface area contributed by atoms with Crippen molar-refractivity contribution < 1.29 is 0 Å². The van der Waals surface area contributed by atoms with Crippen molar-refractivity contribution >= 4 is 27.5 Å². The lowest BCUT2D eigenvalue weighted by atomic mass is 10.0. The first-order valence-electron chi connectivity index (χ1n) is 7.21. The molecule has 0 aliphatic carbocycles. The van der Waals surface area contributed by atoms with E-state index in [4.69, 9.17) is 11.6 Å². The van der Waals surface area contributed by atoms with E-state index in [1.807, 2.05) is 29.9 Å². The molecule has 114 valence electrons. The van der Waals surface area contributed by atoms with Crippen LogP contribution in [0.1, 0.15) is 43.6 Å². The molecule has 0 saturated carbocycles. The van der Waals surface area contributed by atoms with Crippen LogP contribution < -0.4 is 5.32 Å². The molecule has 1 aromatic carbocycles. The molecule has 0 aliphatic rings. The summed E-state index contributed by atoms with van der Waals surface area (Å²) in [5.74, 6) is 0. The second kappa shape index (κ2) is 7.43. The summed E-state index contributed by atoms with van der Waals surface area (Å²) in [4.78, 5) is 0. The normalized spacial score (nSPS) is 14.1. The molecule has 0 amide bonds. The van der Waals surface area contributed by atoms with Gasteiger partial charge in [-0.1, -0.05) is 34.5 Å². The highest BCUT2D eigenvalue weighted by atomic mass is 79.9. The van der Waals surface area contributed by atoms with Crippen molar-refractivity contribution in [2.24, 2.45) is 0 Å². The van der Waals surface area contributed by atoms with Gasteiger partial charge in [0.15, 0.2) is 0 Å². The maximum atomic E-state index is 6.12. The van der Waals surface area contributed by atoms with Crippen molar-refractivity contribution in [3.05, 3.63) is 51.2 Å². The molecule has 0 spiro atoms. The molecule has 1 aromatic heterocycles. The van der Waals surface area contributed by atoms with Gasteiger partial charge in [-0.25, -0.2) is 0 Å². The third-order valence-corrected chi connectivity index (χ3v) is 4.76. The summed E-state index contributed by atoms with van der Waals surface area (Å²) in [5, 5.41) is 8.77. The predicted octanol–water partition coefficient (Wildman–Crippen LogP) is 4.77. The summed E-state index contributed by atoms with van der Waals surface area (Å²) in [5.41, 5.74) is 2.24. The van der Waals surface area contributed by atoms with E-state index >= 15 is 0 Å². The van der Waals surface area contributed by atoms with Crippen molar-refractivity contribution in [1.29, 1.82) is 0 Å². The number of rotatable bonds is 6. The average molecular weight is 371 g/mol. The molecular formula is C16H21BrClN3. The van der Waals surface area contributed by atoms with Crippen LogP contribution in [-0.2, 0) is 6.42 Å². The Morgan fingerprint density at radius 2 is 2.14 bits per heavy atom. The molecule has 0 aliphatic heterocycles. The zero-order valence-electron chi connectivity index (χ0n) is 12.6. The summed E-state index contributed by atoms with van der Waals surface area (Å²) in [6.07, 6.45) is 3.97. The summed E-state index contributed by atoms with van der Waals surface area (Å²) >= 11 is 9.72. The van der Waals surface area contributed by atoms with Crippen LogP contribution in [0.5, 0.6) is 0 Å². The number of nitrogens with one attached hydrogen (secondary N) is 1. The molecule has 3 nitrogen and oxygen atoms in total. The van der Waals surface area contributed by atoms with E-state index < -0.39 is 0 Å². The number of halogens is 2. The van der Waals surface area contributed by atoms with E-state index in [-0.39, 0.29) is 6.04 Å². The maximum absolute atomic E-state index is 6.12. The molecule has 2 rings (SSSR count). The lowest BCUT2D eigenvalue weighted by molar-refractivity contribution is 0.469. The number of nitrogens with zero attached hydrogens (tertiary/aromatic N) is 2. The Morgan fingerprint density at radius 1 is 1.38 bits per heavy atom. The standard InChI is InChI=1S/C16H21BrClN3/c1-4-11(2)21-8-7-13(20-21)10-16(19-3)14-9-12(18)5-6-15(14)17/h5-9,11,16,19H,4,10H2,1-3H3. The van der Waals surface area contributed by atoms with E-state index in [1.165, 1.54) is 0 Å². The van der Waals surface area contributed by atoms with Crippen molar-refractivity contribution in [3.8, 4) is 0 Å². The van der Waals surface area contributed by atoms with Crippen LogP contribution in [-0.4, -0.2) is 16.8 Å². The largest absolute Gasteiger partial charge is 0.313 e. The number of aromatic nitrogens is 2.